The number of ether oxygens (including phenoxy) is 2. The van der Waals surface area contributed by atoms with Crippen molar-refractivity contribution in [3.8, 4) is 17.6 Å². The van der Waals surface area contributed by atoms with Crippen LogP contribution in [-0.4, -0.2) is 6.61 Å². The molecule has 0 heterocycles. The van der Waals surface area contributed by atoms with Gasteiger partial charge in [0.1, 0.15) is 6.61 Å². The fraction of sp³-hybridized carbons (Fsp3) is 0.125. The Balaban J connectivity index is 1.90. The van der Waals surface area contributed by atoms with Crippen molar-refractivity contribution >= 4 is 45.8 Å². The van der Waals surface area contributed by atoms with Crippen LogP contribution in [0.1, 0.15) is 23.6 Å². The molecule has 0 aliphatic carbocycles. The second kappa shape index (κ2) is 10.3. The number of rotatable bonds is 7. The Hall–Kier alpha value is -2.49. The number of hydrogen-bond acceptors (Lipinski definition) is 3. The first-order chi connectivity index (χ1) is 14.1. The van der Waals surface area contributed by atoms with Crippen LogP contribution in [0.5, 0.6) is 11.5 Å². The molecule has 29 heavy (non-hydrogen) atoms. The third-order valence-corrected chi connectivity index (χ3v) is 5.20. The van der Waals surface area contributed by atoms with Gasteiger partial charge in [0.05, 0.1) is 21.8 Å². The van der Waals surface area contributed by atoms with Crippen molar-refractivity contribution in [1.29, 1.82) is 5.26 Å². The smallest absolute Gasteiger partial charge is 0.175 e. The zero-order valence-corrected chi connectivity index (χ0v) is 18.8. The van der Waals surface area contributed by atoms with Crippen LogP contribution >= 0.6 is 34.2 Å². The van der Waals surface area contributed by atoms with E-state index in [1.807, 2.05) is 79.7 Å². The predicted molar refractivity (Wildman–Crippen MR) is 126 cm³/mol. The first-order valence-corrected chi connectivity index (χ1v) is 10.6. The van der Waals surface area contributed by atoms with Crippen molar-refractivity contribution in [2.24, 2.45) is 0 Å². The summed E-state index contributed by atoms with van der Waals surface area (Å²) >= 11 is 8.18. The normalized spacial score (nSPS) is 11.0. The summed E-state index contributed by atoms with van der Waals surface area (Å²) in [5, 5.41) is 10.3. The maximum atomic E-state index is 9.58. The Morgan fingerprint density at radius 2 is 1.79 bits per heavy atom. The van der Waals surface area contributed by atoms with E-state index < -0.39 is 0 Å². The Kier molecular flexibility index (Phi) is 7.56. The summed E-state index contributed by atoms with van der Waals surface area (Å²) in [6.07, 6.45) is 1.86. The molecule has 3 rings (SSSR count). The van der Waals surface area contributed by atoms with Crippen molar-refractivity contribution in [3.63, 3.8) is 0 Å². The van der Waals surface area contributed by atoms with Crippen LogP contribution in [0.2, 0.25) is 5.02 Å². The van der Waals surface area contributed by atoms with Gasteiger partial charge in [-0.25, -0.2) is 0 Å². The number of nitrogens with zero attached hydrogens (tertiary/aromatic N) is 1. The Morgan fingerprint density at radius 1 is 1.07 bits per heavy atom. The monoisotopic (exact) mass is 515 g/mol. The van der Waals surface area contributed by atoms with Crippen molar-refractivity contribution in [1.82, 2.24) is 0 Å². The van der Waals surface area contributed by atoms with Gasteiger partial charge < -0.3 is 9.47 Å². The second-order valence-electron chi connectivity index (χ2n) is 6.21. The highest BCUT2D eigenvalue weighted by atomic mass is 127. The number of nitriles is 1. The number of benzene rings is 3. The summed E-state index contributed by atoms with van der Waals surface area (Å²) in [6.45, 7) is 2.86. The Morgan fingerprint density at radius 3 is 2.45 bits per heavy atom. The second-order valence-corrected chi connectivity index (χ2v) is 7.81. The SMILES string of the molecule is CCOc1cc(C=C(C#N)c2ccccc2)cc(I)c1OCc1ccc(Cl)cc1. The fourth-order valence-corrected chi connectivity index (χ4v) is 3.68. The summed E-state index contributed by atoms with van der Waals surface area (Å²) in [6, 6.07) is 23.3. The molecule has 0 aliphatic rings. The zero-order chi connectivity index (χ0) is 20.6. The van der Waals surface area contributed by atoms with Crippen molar-refractivity contribution in [3.05, 3.63) is 92.0 Å². The van der Waals surface area contributed by atoms with Gasteiger partial charge in [-0.2, -0.15) is 5.26 Å². The van der Waals surface area contributed by atoms with Gasteiger partial charge in [-0.3, -0.25) is 0 Å². The van der Waals surface area contributed by atoms with Crippen molar-refractivity contribution in [2.45, 2.75) is 13.5 Å². The molecule has 0 amide bonds. The average Bonchev–Trinajstić information content (AvgIpc) is 2.73. The van der Waals surface area contributed by atoms with Crippen LogP contribution in [0.15, 0.2) is 66.7 Å². The van der Waals surface area contributed by atoms with Gasteiger partial charge in [0.25, 0.3) is 0 Å². The number of halogens is 2. The molecule has 0 spiro atoms. The van der Waals surface area contributed by atoms with E-state index in [9.17, 15) is 5.26 Å². The molecule has 3 aromatic rings. The quantitative estimate of drug-likeness (QED) is 0.194. The van der Waals surface area contributed by atoms with Crippen LogP contribution in [0.3, 0.4) is 0 Å². The summed E-state index contributed by atoms with van der Waals surface area (Å²) in [5.74, 6) is 1.35. The van der Waals surface area contributed by atoms with Crippen LogP contribution in [0.25, 0.3) is 11.6 Å². The lowest BCUT2D eigenvalue weighted by Gasteiger charge is -2.15. The van der Waals surface area contributed by atoms with Gasteiger partial charge in [-0.1, -0.05) is 54.1 Å². The van der Waals surface area contributed by atoms with Gasteiger partial charge in [-0.05, 0) is 76.5 Å². The molecular weight excluding hydrogens is 497 g/mol. The molecule has 0 fully saturated rings. The minimum Gasteiger partial charge on any atom is -0.490 e. The van der Waals surface area contributed by atoms with Gasteiger partial charge >= 0.3 is 0 Å². The summed E-state index contributed by atoms with van der Waals surface area (Å²) in [7, 11) is 0. The van der Waals surface area contributed by atoms with E-state index in [0.717, 1.165) is 20.3 Å². The van der Waals surface area contributed by atoms with Crippen LogP contribution in [-0.2, 0) is 6.61 Å². The Labute approximate surface area is 189 Å². The van der Waals surface area contributed by atoms with E-state index in [4.69, 9.17) is 21.1 Å². The lowest BCUT2D eigenvalue weighted by Crippen LogP contribution is -2.02. The standard InChI is InChI=1S/C24H19ClINO2/c1-2-28-23-14-18(12-20(15-27)19-6-4-3-5-7-19)13-22(26)24(23)29-16-17-8-10-21(25)11-9-17/h3-14H,2,16H2,1H3. The summed E-state index contributed by atoms with van der Waals surface area (Å²) in [5.41, 5.74) is 3.38. The summed E-state index contributed by atoms with van der Waals surface area (Å²) < 4.78 is 12.8. The van der Waals surface area contributed by atoms with Gasteiger partial charge in [0, 0.05) is 5.02 Å². The first kappa shape index (κ1) is 21.2. The van der Waals surface area contributed by atoms with Gasteiger partial charge in [0.15, 0.2) is 11.5 Å². The van der Waals surface area contributed by atoms with E-state index in [1.165, 1.54) is 0 Å². The van der Waals surface area contributed by atoms with Gasteiger partial charge in [0.2, 0.25) is 0 Å². The average molecular weight is 516 g/mol. The molecule has 0 radical (unpaired) electrons. The Bertz CT molecular complexity index is 1040. The van der Waals surface area contributed by atoms with Crippen LogP contribution in [0.4, 0.5) is 0 Å². The number of hydrogen-bond donors (Lipinski definition) is 0. The van der Waals surface area contributed by atoms with E-state index in [2.05, 4.69) is 28.7 Å². The minimum absolute atomic E-state index is 0.413. The van der Waals surface area contributed by atoms with E-state index in [1.54, 1.807) is 0 Å². The molecule has 0 saturated carbocycles. The van der Waals surface area contributed by atoms with E-state index in [-0.39, 0.29) is 0 Å². The highest BCUT2D eigenvalue weighted by Crippen LogP contribution is 2.36. The molecular formula is C24H19ClINO2. The lowest BCUT2D eigenvalue weighted by molar-refractivity contribution is 0.267. The van der Waals surface area contributed by atoms with E-state index >= 15 is 0 Å². The molecule has 0 bridgehead atoms. The third kappa shape index (κ3) is 5.75. The van der Waals surface area contributed by atoms with Crippen LogP contribution in [0, 0.1) is 14.9 Å². The molecule has 0 aliphatic heterocycles. The topological polar surface area (TPSA) is 42.2 Å². The number of allylic oxidation sites excluding steroid dienone is 1. The molecule has 0 saturated heterocycles. The van der Waals surface area contributed by atoms with Crippen molar-refractivity contribution in [2.75, 3.05) is 6.61 Å². The molecule has 3 nitrogen and oxygen atoms in total. The van der Waals surface area contributed by atoms with Gasteiger partial charge in [-0.15, -0.1) is 0 Å². The highest BCUT2D eigenvalue weighted by molar-refractivity contribution is 14.1. The molecule has 3 aromatic carbocycles. The largest absolute Gasteiger partial charge is 0.490 e. The highest BCUT2D eigenvalue weighted by Gasteiger charge is 2.13. The zero-order valence-electron chi connectivity index (χ0n) is 15.9. The molecule has 146 valence electrons. The summed E-state index contributed by atoms with van der Waals surface area (Å²) in [4.78, 5) is 0. The third-order valence-electron chi connectivity index (χ3n) is 4.14. The fourth-order valence-electron chi connectivity index (χ4n) is 2.77. The predicted octanol–water partition coefficient (Wildman–Crippen LogP) is 6.99. The molecule has 5 heteroatoms. The lowest BCUT2D eigenvalue weighted by atomic mass is 10.0. The minimum atomic E-state index is 0.413. The van der Waals surface area contributed by atoms with Crippen LogP contribution < -0.4 is 9.47 Å². The molecule has 0 aromatic heterocycles. The molecule has 0 atom stereocenters. The molecule has 0 N–H and O–H groups in total. The maximum Gasteiger partial charge on any atom is 0.175 e. The maximum absolute atomic E-state index is 9.58. The van der Waals surface area contributed by atoms with E-state index in [0.29, 0.717) is 35.3 Å². The molecule has 0 unspecified atom stereocenters. The van der Waals surface area contributed by atoms with Crippen molar-refractivity contribution < 1.29 is 9.47 Å². The first-order valence-electron chi connectivity index (χ1n) is 9.11.